The fourth-order valence-electron chi connectivity index (χ4n) is 2.52. The largest absolute Gasteiger partial charge is 0.324 e. The van der Waals surface area contributed by atoms with Crippen LogP contribution in [0.1, 0.15) is 15.3 Å². The van der Waals surface area contributed by atoms with Crippen molar-refractivity contribution in [2.45, 2.75) is 13.0 Å². The minimum Gasteiger partial charge on any atom is -0.324 e. The highest BCUT2D eigenvalue weighted by Gasteiger charge is 2.33. The van der Waals surface area contributed by atoms with Crippen molar-refractivity contribution >= 4 is 46.7 Å². The highest BCUT2D eigenvalue weighted by molar-refractivity contribution is 7.99. The molecule has 2 amide bonds. The van der Waals surface area contributed by atoms with Crippen LogP contribution in [0.2, 0.25) is 0 Å². The van der Waals surface area contributed by atoms with Gasteiger partial charge in [-0.1, -0.05) is 0 Å². The zero-order valence-electron chi connectivity index (χ0n) is 14.1. The smallest absolute Gasteiger partial charge is 0.248 e. The third-order valence-corrected chi connectivity index (χ3v) is 5.88. The number of hydrogen-bond donors (Lipinski definition) is 1. The van der Waals surface area contributed by atoms with Crippen molar-refractivity contribution in [3.05, 3.63) is 57.8 Å². The molecule has 2 heterocycles. The van der Waals surface area contributed by atoms with Gasteiger partial charge in [-0.2, -0.15) is 5.26 Å². The van der Waals surface area contributed by atoms with Crippen molar-refractivity contribution in [1.82, 2.24) is 4.90 Å². The lowest BCUT2D eigenvalue weighted by Gasteiger charge is -2.21. The number of thiophene rings is 1. The van der Waals surface area contributed by atoms with Gasteiger partial charge in [0.25, 0.3) is 0 Å². The maximum atomic E-state index is 12.6. The molecule has 3 rings (SSSR count). The molecule has 0 radical (unpaired) electrons. The number of carbonyl (C=O) groups is 2. The Balaban J connectivity index is 1.64. The van der Waals surface area contributed by atoms with E-state index in [4.69, 9.17) is 5.26 Å². The number of amides is 2. The quantitative estimate of drug-likeness (QED) is 0.821. The van der Waals surface area contributed by atoms with Gasteiger partial charge in [-0.05, 0) is 49.4 Å². The predicted octanol–water partition coefficient (Wildman–Crippen LogP) is 3.48. The highest BCUT2D eigenvalue weighted by Crippen LogP contribution is 2.23. The van der Waals surface area contributed by atoms with Crippen LogP contribution < -0.4 is 5.32 Å². The summed E-state index contributed by atoms with van der Waals surface area (Å²) >= 11 is 3.18. The van der Waals surface area contributed by atoms with E-state index < -0.39 is 6.04 Å². The second-order valence-corrected chi connectivity index (χ2v) is 8.10. The Morgan fingerprint density at radius 3 is 2.69 bits per heavy atom. The van der Waals surface area contributed by atoms with Gasteiger partial charge in [0.1, 0.15) is 6.04 Å². The molecule has 1 atom stereocenters. The van der Waals surface area contributed by atoms with E-state index in [0.29, 0.717) is 22.9 Å². The van der Waals surface area contributed by atoms with Crippen LogP contribution in [-0.4, -0.2) is 34.4 Å². The van der Waals surface area contributed by atoms with E-state index in [1.54, 1.807) is 58.3 Å². The lowest BCUT2D eigenvalue weighted by atomic mass is 10.2. The molecule has 1 fully saturated rings. The van der Waals surface area contributed by atoms with Crippen molar-refractivity contribution in [1.29, 1.82) is 5.26 Å². The minimum atomic E-state index is -0.502. The molecule has 1 unspecified atom stereocenters. The fraction of sp³-hybridized carbons (Fsp3) is 0.211. The van der Waals surface area contributed by atoms with Crippen molar-refractivity contribution < 1.29 is 9.59 Å². The van der Waals surface area contributed by atoms with Gasteiger partial charge >= 0.3 is 0 Å². The van der Waals surface area contributed by atoms with E-state index in [-0.39, 0.29) is 11.8 Å². The summed E-state index contributed by atoms with van der Waals surface area (Å²) in [6.45, 7) is 2.02. The van der Waals surface area contributed by atoms with Gasteiger partial charge in [0, 0.05) is 27.3 Å². The molecule has 1 aliphatic rings. The van der Waals surface area contributed by atoms with Gasteiger partial charge in [0.15, 0.2) is 0 Å². The Morgan fingerprint density at radius 1 is 1.27 bits per heavy atom. The first-order valence-electron chi connectivity index (χ1n) is 8.01. The molecule has 0 bridgehead atoms. The number of nitriles is 1. The lowest BCUT2D eigenvalue weighted by molar-refractivity contribution is -0.132. The first-order valence-corrected chi connectivity index (χ1v) is 9.98. The van der Waals surface area contributed by atoms with Gasteiger partial charge < -0.3 is 10.2 Å². The summed E-state index contributed by atoms with van der Waals surface area (Å²) < 4.78 is 0. The molecule has 0 spiro atoms. The fourth-order valence-corrected chi connectivity index (χ4v) is 4.47. The zero-order chi connectivity index (χ0) is 18.5. The molecule has 0 aliphatic carbocycles. The SMILES string of the molecule is Cc1ccc(/C=C/C(=O)N2CSCC2C(=O)Nc2ccc(C#N)cc2)s1. The van der Waals surface area contributed by atoms with Crippen molar-refractivity contribution in [2.75, 3.05) is 16.9 Å². The number of thioether (sulfide) groups is 1. The summed E-state index contributed by atoms with van der Waals surface area (Å²) in [5, 5.41) is 11.6. The Kier molecular flexibility index (Phi) is 5.76. The molecule has 1 aliphatic heterocycles. The van der Waals surface area contributed by atoms with Crippen molar-refractivity contribution in [2.24, 2.45) is 0 Å². The molecule has 132 valence electrons. The Bertz CT molecular complexity index is 881. The third-order valence-electron chi connectivity index (χ3n) is 3.90. The molecular weight excluding hydrogens is 366 g/mol. The summed E-state index contributed by atoms with van der Waals surface area (Å²) in [6, 6.07) is 12.2. The van der Waals surface area contributed by atoms with Gasteiger partial charge in [-0.25, -0.2) is 0 Å². The first-order chi connectivity index (χ1) is 12.6. The van der Waals surface area contributed by atoms with Gasteiger partial charge in [0.2, 0.25) is 11.8 Å². The predicted molar refractivity (Wildman–Crippen MR) is 106 cm³/mol. The highest BCUT2D eigenvalue weighted by atomic mass is 32.2. The summed E-state index contributed by atoms with van der Waals surface area (Å²) in [6.07, 6.45) is 3.32. The number of nitrogens with one attached hydrogen (secondary N) is 1. The van der Waals surface area contributed by atoms with Crippen molar-refractivity contribution in [3.8, 4) is 6.07 Å². The van der Waals surface area contributed by atoms with E-state index in [1.807, 2.05) is 25.1 Å². The van der Waals surface area contributed by atoms with Gasteiger partial charge in [-0.15, -0.1) is 23.1 Å². The number of rotatable bonds is 4. The molecular formula is C19H17N3O2S2. The monoisotopic (exact) mass is 383 g/mol. The number of anilines is 1. The van der Waals surface area contributed by atoms with Crippen molar-refractivity contribution in [3.63, 3.8) is 0 Å². The van der Waals surface area contributed by atoms with Crippen LogP contribution in [0.4, 0.5) is 5.69 Å². The second kappa shape index (κ2) is 8.21. The number of carbonyl (C=O) groups excluding carboxylic acids is 2. The van der Waals surface area contributed by atoms with Crippen LogP contribution in [0, 0.1) is 18.3 Å². The molecule has 7 heteroatoms. The Labute approximate surface area is 160 Å². The molecule has 26 heavy (non-hydrogen) atoms. The molecule has 1 N–H and O–H groups in total. The maximum absolute atomic E-state index is 12.6. The number of hydrogen-bond acceptors (Lipinski definition) is 5. The van der Waals surface area contributed by atoms with Crippen LogP contribution >= 0.6 is 23.1 Å². The molecule has 5 nitrogen and oxygen atoms in total. The molecule has 0 saturated carbocycles. The minimum absolute atomic E-state index is 0.166. The van der Waals surface area contributed by atoms with Crippen LogP contribution in [0.25, 0.3) is 6.08 Å². The average molecular weight is 383 g/mol. The van der Waals surface area contributed by atoms with Crippen LogP contribution in [0.15, 0.2) is 42.5 Å². The summed E-state index contributed by atoms with van der Waals surface area (Å²) in [7, 11) is 0. The standard InChI is InChI=1S/C19H17N3O2S2/c1-13-2-7-16(26-13)8-9-18(23)22-12-25-11-17(22)19(24)21-15-5-3-14(10-20)4-6-15/h2-9,17H,11-12H2,1H3,(H,21,24)/b9-8+. The van der Waals surface area contributed by atoms with E-state index in [0.717, 1.165) is 4.88 Å². The average Bonchev–Trinajstić information content (AvgIpc) is 3.29. The summed E-state index contributed by atoms with van der Waals surface area (Å²) in [5.41, 5.74) is 1.15. The number of benzene rings is 1. The second-order valence-electron chi connectivity index (χ2n) is 5.78. The molecule has 2 aromatic rings. The van der Waals surface area contributed by atoms with E-state index >= 15 is 0 Å². The molecule has 1 aromatic carbocycles. The third kappa shape index (κ3) is 4.34. The van der Waals surface area contributed by atoms with Gasteiger partial charge in [-0.3, -0.25) is 9.59 Å². The maximum Gasteiger partial charge on any atom is 0.248 e. The number of aryl methyl sites for hydroxylation is 1. The van der Waals surface area contributed by atoms with E-state index in [1.165, 1.54) is 11.0 Å². The van der Waals surface area contributed by atoms with E-state index in [2.05, 4.69) is 5.32 Å². The number of nitrogens with zero attached hydrogens (tertiary/aromatic N) is 2. The summed E-state index contributed by atoms with van der Waals surface area (Å²) in [5.74, 6) is 0.687. The Morgan fingerprint density at radius 2 is 2.04 bits per heavy atom. The lowest BCUT2D eigenvalue weighted by Crippen LogP contribution is -2.43. The molecule has 1 saturated heterocycles. The topological polar surface area (TPSA) is 73.2 Å². The van der Waals surface area contributed by atoms with E-state index in [9.17, 15) is 9.59 Å². The summed E-state index contributed by atoms with van der Waals surface area (Å²) in [4.78, 5) is 28.8. The van der Waals surface area contributed by atoms with Gasteiger partial charge in [0.05, 0.1) is 17.5 Å². The van der Waals surface area contributed by atoms with Crippen LogP contribution in [-0.2, 0) is 9.59 Å². The zero-order valence-corrected chi connectivity index (χ0v) is 15.8. The van der Waals surface area contributed by atoms with Crippen LogP contribution in [0.5, 0.6) is 0 Å². The van der Waals surface area contributed by atoms with Crippen LogP contribution in [0.3, 0.4) is 0 Å². The first kappa shape index (κ1) is 18.2. The Hall–Kier alpha value is -2.56. The molecule has 1 aromatic heterocycles. The normalized spacial score (nSPS) is 16.6.